The van der Waals surface area contributed by atoms with Gasteiger partial charge in [-0.05, 0) is 37.3 Å². The summed E-state index contributed by atoms with van der Waals surface area (Å²) >= 11 is 0. The summed E-state index contributed by atoms with van der Waals surface area (Å²) < 4.78 is 21.9. The lowest BCUT2D eigenvalue weighted by Gasteiger charge is -2.28. The molecule has 0 aliphatic carbocycles. The van der Waals surface area contributed by atoms with E-state index in [4.69, 9.17) is 10.5 Å². The molecule has 3 aromatic rings. The minimum Gasteiger partial charge on any atom is -0.466 e. The van der Waals surface area contributed by atoms with Crippen molar-refractivity contribution in [2.75, 3.05) is 6.54 Å². The maximum atomic E-state index is 14.1. The number of nitrogens with two attached hydrogens (primary N) is 1. The number of ether oxygens (including phenoxy) is 1. The van der Waals surface area contributed by atoms with Gasteiger partial charge in [0, 0.05) is 17.6 Å². The Labute approximate surface area is 121 Å². The van der Waals surface area contributed by atoms with Gasteiger partial charge in [0.1, 0.15) is 17.3 Å². The van der Waals surface area contributed by atoms with Gasteiger partial charge in [-0.1, -0.05) is 6.07 Å². The summed E-state index contributed by atoms with van der Waals surface area (Å²) in [4.78, 5) is 4.54. The molecule has 1 atom stereocenters. The molecule has 0 amide bonds. The molecule has 3 heterocycles. The van der Waals surface area contributed by atoms with Crippen molar-refractivity contribution in [2.24, 2.45) is 5.73 Å². The van der Waals surface area contributed by atoms with E-state index in [2.05, 4.69) is 4.98 Å². The van der Waals surface area contributed by atoms with Gasteiger partial charge in [0.2, 0.25) is 0 Å². The normalized spacial score (nSPS) is 16.4. The lowest BCUT2D eigenvalue weighted by Crippen LogP contribution is -2.28. The van der Waals surface area contributed by atoms with Crippen LogP contribution in [0.1, 0.15) is 11.9 Å². The number of halogens is 1. The maximum absolute atomic E-state index is 14.1. The van der Waals surface area contributed by atoms with Gasteiger partial charge >= 0.3 is 0 Å². The zero-order valence-electron chi connectivity index (χ0n) is 11.5. The third-order valence-electron chi connectivity index (χ3n) is 3.82. The van der Waals surface area contributed by atoms with Crippen molar-refractivity contribution < 1.29 is 9.13 Å². The van der Waals surface area contributed by atoms with E-state index in [1.165, 1.54) is 6.07 Å². The molecule has 5 heteroatoms. The van der Waals surface area contributed by atoms with Crippen LogP contribution >= 0.6 is 0 Å². The molecule has 1 aliphatic heterocycles. The smallest absolute Gasteiger partial charge is 0.189 e. The van der Waals surface area contributed by atoms with Crippen LogP contribution in [0.2, 0.25) is 0 Å². The molecular weight excluding hydrogens is 269 g/mol. The molecule has 2 aromatic heterocycles. The fraction of sp³-hybridized carbons (Fsp3) is 0.188. The molecule has 0 bridgehead atoms. The van der Waals surface area contributed by atoms with Crippen LogP contribution in [0, 0.1) is 12.7 Å². The van der Waals surface area contributed by atoms with Gasteiger partial charge in [0.15, 0.2) is 6.23 Å². The second kappa shape index (κ2) is 4.30. The van der Waals surface area contributed by atoms with E-state index in [0.717, 1.165) is 22.6 Å². The number of fused-ring (bicyclic) bond motifs is 5. The van der Waals surface area contributed by atoms with E-state index >= 15 is 0 Å². The van der Waals surface area contributed by atoms with Crippen LogP contribution in [0.5, 0.6) is 5.75 Å². The molecule has 4 rings (SSSR count). The largest absolute Gasteiger partial charge is 0.466 e. The van der Waals surface area contributed by atoms with E-state index in [1.54, 1.807) is 6.07 Å². The van der Waals surface area contributed by atoms with Crippen molar-refractivity contribution in [3.8, 4) is 17.1 Å². The molecule has 0 spiro atoms. The fourth-order valence-corrected chi connectivity index (χ4v) is 2.88. The van der Waals surface area contributed by atoms with Gasteiger partial charge in [-0.15, -0.1) is 0 Å². The zero-order valence-corrected chi connectivity index (χ0v) is 11.5. The molecule has 0 fully saturated rings. The summed E-state index contributed by atoms with van der Waals surface area (Å²) in [6.07, 6.45) is -0.351. The molecule has 1 unspecified atom stereocenters. The molecule has 0 saturated carbocycles. The molecule has 0 saturated heterocycles. The predicted molar refractivity (Wildman–Crippen MR) is 78.6 cm³/mol. The van der Waals surface area contributed by atoms with Crippen LogP contribution in [0.4, 0.5) is 4.39 Å². The molecule has 21 heavy (non-hydrogen) atoms. The second-order valence-electron chi connectivity index (χ2n) is 5.18. The molecule has 106 valence electrons. The Kier molecular flexibility index (Phi) is 2.53. The topological polar surface area (TPSA) is 53.1 Å². The number of rotatable bonds is 1. The number of hydrogen-bond acceptors (Lipinski definition) is 3. The maximum Gasteiger partial charge on any atom is 0.189 e. The van der Waals surface area contributed by atoms with Crippen molar-refractivity contribution in [3.05, 3.63) is 47.9 Å². The number of hydrogen-bond donors (Lipinski definition) is 1. The van der Waals surface area contributed by atoms with Gasteiger partial charge in [-0.25, -0.2) is 9.37 Å². The minimum absolute atomic E-state index is 0.251. The van der Waals surface area contributed by atoms with E-state index in [9.17, 15) is 4.39 Å². The first kappa shape index (κ1) is 12.3. The average Bonchev–Trinajstić information content (AvgIpc) is 2.88. The summed E-state index contributed by atoms with van der Waals surface area (Å²) in [5, 5.41) is 0.561. The van der Waals surface area contributed by atoms with Crippen LogP contribution < -0.4 is 10.5 Å². The lowest BCUT2D eigenvalue weighted by molar-refractivity contribution is 0.139. The van der Waals surface area contributed by atoms with Crippen molar-refractivity contribution in [3.63, 3.8) is 0 Å². The van der Waals surface area contributed by atoms with Gasteiger partial charge in [0.25, 0.3) is 0 Å². The molecular formula is C16H14FN3O. The van der Waals surface area contributed by atoms with Gasteiger partial charge in [-0.3, -0.25) is 0 Å². The van der Waals surface area contributed by atoms with Crippen molar-refractivity contribution in [1.29, 1.82) is 0 Å². The van der Waals surface area contributed by atoms with Gasteiger partial charge in [-0.2, -0.15) is 0 Å². The highest BCUT2D eigenvalue weighted by Gasteiger charge is 2.28. The first-order chi connectivity index (χ1) is 10.2. The summed E-state index contributed by atoms with van der Waals surface area (Å²) in [5.74, 6) is 0.436. The predicted octanol–water partition coefficient (Wildman–Crippen LogP) is 3.00. The van der Waals surface area contributed by atoms with Crippen LogP contribution in [0.25, 0.3) is 22.3 Å². The molecule has 1 aromatic carbocycles. The molecule has 0 radical (unpaired) electrons. The summed E-state index contributed by atoms with van der Waals surface area (Å²) in [6.45, 7) is 2.23. The van der Waals surface area contributed by atoms with E-state index in [-0.39, 0.29) is 12.0 Å². The summed E-state index contributed by atoms with van der Waals surface area (Å²) in [5.41, 5.74) is 9.07. The number of benzene rings is 1. The highest BCUT2D eigenvalue weighted by molar-refractivity contribution is 5.88. The van der Waals surface area contributed by atoms with Crippen LogP contribution in [-0.4, -0.2) is 16.1 Å². The van der Waals surface area contributed by atoms with Crippen LogP contribution in [0.15, 0.2) is 36.4 Å². The summed E-state index contributed by atoms with van der Waals surface area (Å²) in [7, 11) is 0. The molecule has 4 nitrogen and oxygen atoms in total. The van der Waals surface area contributed by atoms with Gasteiger partial charge < -0.3 is 15.0 Å². The monoisotopic (exact) mass is 283 g/mol. The SMILES string of the molecule is Cc1ccc2c(n1)-c1cc3c(F)cccc3n1C(CN)O2. The van der Waals surface area contributed by atoms with Gasteiger partial charge in [0.05, 0.1) is 11.2 Å². The average molecular weight is 283 g/mol. The van der Waals surface area contributed by atoms with E-state index in [0.29, 0.717) is 17.7 Å². The lowest BCUT2D eigenvalue weighted by atomic mass is 10.2. The standard InChI is InChI=1S/C16H14FN3O/c1-9-5-6-14-16(19-9)13-7-10-11(17)3-2-4-12(10)20(13)15(8-18)21-14/h2-7,15H,8,18H2,1H3. The quantitative estimate of drug-likeness (QED) is 0.747. The van der Waals surface area contributed by atoms with E-state index in [1.807, 2.05) is 35.8 Å². The molecule has 2 N–H and O–H groups in total. The zero-order chi connectivity index (χ0) is 14.6. The highest BCUT2D eigenvalue weighted by Crippen LogP contribution is 2.41. The first-order valence-corrected chi connectivity index (χ1v) is 6.83. The Balaban J connectivity index is 2.10. The Bertz CT molecular complexity index is 856. The number of nitrogens with zero attached hydrogens (tertiary/aromatic N) is 2. The second-order valence-corrected chi connectivity index (χ2v) is 5.18. The third-order valence-corrected chi connectivity index (χ3v) is 3.82. The number of aryl methyl sites for hydroxylation is 1. The van der Waals surface area contributed by atoms with E-state index < -0.39 is 0 Å². The minimum atomic E-state index is -0.351. The Morgan fingerprint density at radius 1 is 1.33 bits per heavy atom. The Morgan fingerprint density at radius 2 is 2.19 bits per heavy atom. The van der Waals surface area contributed by atoms with Crippen molar-refractivity contribution >= 4 is 10.9 Å². The van der Waals surface area contributed by atoms with Crippen LogP contribution in [0.3, 0.4) is 0 Å². The van der Waals surface area contributed by atoms with Crippen molar-refractivity contribution in [2.45, 2.75) is 13.2 Å². The Hall–Kier alpha value is -2.40. The Morgan fingerprint density at radius 3 is 3.00 bits per heavy atom. The highest BCUT2D eigenvalue weighted by atomic mass is 19.1. The summed E-state index contributed by atoms with van der Waals surface area (Å²) in [6, 6.07) is 10.6. The van der Waals surface area contributed by atoms with Crippen molar-refractivity contribution in [1.82, 2.24) is 9.55 Å². The first-order valence-electron chi connectivity index (χ1n) is 6.83. The fourth-order valence-electron chi connectivity index (χ4n) is 2.88. The molecule has 1 aliphatic rings. The third kappa shape index (κ3) is 1.67. The van der Waals surface area contributed by atoms with Crippen LogP contribution in [-0.2, 0) is 0 Å². The number of aromatic nitrogens is 2. The number of pyridine rings is 1.